The van der Waals surface area contributed by atoms with E-state index in [1.54, 1.807) is 30.3 Å². The molecule has 2 aromatic carbocycles. The van der Waals surface area contributed by atoms with Gasteiger partial charge in [0.1, 0.15) is 18.0 Å². The topological polar surface area (TPSA) is 64.1 Å². The van der Waals surface area contributed by atoms with E-state index in [4.69, 9.17) is 0 Å². The lowest BCUT2D eigenvalue weighted by Gasteiger charge is -2.09. The predicted octanol–water partition coefficient (Wildman–Crippen LogP) is 3.30. The molecule has 0 spiro atoms. The van der Waals surface area contributed by atoms with Crippen molar-refractivity contribution in [1.82, 2.24) is 9.97 Å². The van der Waals surface area contributed by atoms with Gasteiger partial charge in [-0.1, -0.05) is 0 Å². The zero-order valence-electron chi connectivity index (χ0n) is 11.7. The van der Waals surface area contributed by atoms with Crippen molar-refractivity contribution in [3.63, 3.8) is 0 Å². The van der Waals surface area contributed by atoms with Crippen LogP contribution in [0.2, 0.25) is 0 Å². The summed E-state index contributed by atoms with van der Waals surface area (Å²) in [6.07, 6.45) is 1.41. The minimum Gasteiger partial charge on any atom is -0.465 e. The lowest BCUT2D eigenvalue weighted by Crippen LogP contribution is -2.01. The van der Waals surface area contributed by atoms with Gasteiger partial charge in [0.2, 0.25) is 0 Å². The van der Waals surface area contributed by atoms with Crippen molar-refractivity contribution >= 4 is 28.4 Å². The molecule has 3 rings (SSSR count). The molecular formula is C16H12FN3O2. The van der Waals surface area contributed by atoms with Crippen LogP contribution in [0.15, 0.2) is 48.8 Å². The number of methoxy groups -OCH3 is 1. The first-order valence-electron chi connectivity index (χ1n) is 6.53. The lowest BCUT2D eigenvalue weighted by molar-refractivity contribution is 0.0601. The van der Waals surface area contributed by atoms with Crippen molar-refractivity contribution in [2.45, 2.75) is 0 Å². The first kappa shape index (κ1) is 13.9. The molecule has 0 saturated carbocycles. The predicted molar refractivity (Wildman–Crippen MR) is 80.6 cm³/mol. The molecule has 1 aromatic heterocycles. The molecule has 0 amide bonds. The quantitative estimate of drug-likeness (QED) is 0.751. The van der Waals surface area contributed by atoms with E-state index in [0.29, 0.717) is 22.3 Å². The van der Waals surface area contributed by atoms with Crippen molar-refractivity contribution in [2.75, 3.05) is 12.4 Å². The Balaban J connectivity index is 1.93. The van der Waals surface area contributed by atoms with Crippen molar-refractivity contribution in [3.05, 3.63) is 60.2 Å². The summed E-state index contributed by atoms with van der Waals surface area (Å²) in [6, 6.07) is 11.0. The highest BCUT2D eigenvalue weighted by Crippen LogP contribution is 2.23. The Hall–Kier alpha value is -3.02. The van der Waals surface area contributed by atoms with E-state index >= 15 is 0 Å². The zero-order chi connectivity index (χ0) is 15.5. The second kappa shape index (κ2) is 5.77. The van der Waals surface area contributed by atoms with Crippen molar-refractivity contribution in [2.24, 2.45) is 0 Å². The number of rotatable bonds is 3. The van der Waals surface area contributed by atoms with Gasteiger partial charge >= 0.3 is 5.97 Å². The molecule has 0 fully saturated rings. The zero-order valence-corrected chi connectivity index (χ0v) is 11.7. The molecule has 3 aromatic rings. The van der Waals surface area contributed by atoms with Crippen LogP contribution >= 0.6 is 0 Å². The van der Waals surface area contributed by atoms with Gasteiger partial charge in [-0.25, -0.2) is 19.2 Å². The Kier molecular flexibility index (Phi) is 3.65. The smallest absolute Gasteiger partial charge is 0.337 e. The molecule has 0 unspecified atom stereocenters. The van der Waals surface area contributed by atoms with E-state index in [1.165, 1.54) is 25.6 Å². The summed E-state index contributed by atoms with van der Waals surface area (Å²) >= 11 is 0. The van der Waals surface area contributed by atoms with Crippen LogP contribution in [0.4, 0.5) is 15.9 Å². The van der Waals surface area contributed by atoms with Gasteiger partial charge in [0.15, 0.2) is 0 Å². The van der Waals surface area contributed by atoms with E-state index in [1.807, 2.05) is 0 Å². The number of hydrogen-bond donors (Lipinski definition) is 1. The van der Waals surface area contributed by atoms with Crippen molar-refractivity contribution in [3.8, 4) is 0 Å². The fourth-order valence-electron chi connectivity index (χ4n) is 2.07. The average molecular weight is 297 g/mol. The second-order valence-electron chi connectivity index (χ2n) is 4.58. The summed E-state index contributed by atoms with van der Waals surface area (Å²) in [5.41, 5.74) is 1.81. The summed E-state index contributed by atoms with van der Waals surface area (Å²) in [5, 5.41) is 3.67. The van der Waals surface area contributed by atoms with Gasteiger partial charge in [-0.15, -0.1) is 0 Å². The minimum atomic E-state index is -0.402. The Labute approximate surface area is 125 Å². The third-order valence-electron chi connectivity index (χ3n) is 3.17. The normalized spacial score (nSPS) is 10.5. The van der Waals surface area contributed by atoms with Crippen LogP contribution in [0.1, 0.15) is 10.4 Å². The van der Waals surface area contributed by atoms with Gasteiger partial charge in [0, 0.05) is 11.1 Å². The monoisotopic (exact) mass is 297 g/mol. The number of ether oxygens (including phenoxy) is 1. The molecule has 0 bridgehead atoms. The number of carbonyl (C=O) groups is 1. The van der Waals surface area contributed by atoms with E-state index < -0.39 is 5.97 Å². The third kappa shape index (κ3) is 2.71. The maximum absolute atomic E-state index is 13.4. The Bertz CT molecular complexity index is 834. The summed E-state index contributed by atoms with van der Waals surface area (Å²) in [4.78, 5) is 19.6. The molecular weight excluding hydrogens is 285 g/mol. The highest BCUT2D eigenvalue weighted by Gasteiger charge is 2.07. The molecule has 0 aliphatic rings. The van der Waals surface area contributed by atoms with Crippen LogP contribution in [0.5, 0.6) is 0 Å². The van der Waals surface area contributed by atoms with Crippen LogP contribution in [-0.4, -0.2) is 23.0 Å². The van der Waals surface area contributed by atoms with Gasteiger partial charge in [-0.05, 0) is 42.5 Å². The van der Waals surface area contributed by atoms with Crippen LogP contribution < -0.4 is 5.32 Å². The van der Waals surface area contributed by atoms with Crippen molar-refractivity contribution < 1.29 is 13.9 Å². The van der Waals surface area contributed by atoms with E-state index in [0.717, 1.165) is 5.69 Å². The third-order valence-corrected chi connectivity index (χ3v) is 3.17. The maximum atomic E-state index is 13.4. The van der Waals surface area contributed by atoms with Crippen LogP contribution in [0, 0.1) is 5.82 Å². The van der Waals surface area contributed by atoms with E-state index in [9.17, 15) is 9.18 Å². The number of anilines is 2. The number of carbonyl (C=O) groups excluding carboxylic acids is 1. The van der Waals surface area contributed by atoms with Crippen LogP contribution in [-0.2, 0) is 4.74 Å². The van der Waals surface area contributed by atoms with Gasteiger partial charge in [0.05, 0.1) is 18.2 Å². The standard InChI is InChI=1S/C16H12FN3O2/c1-22-16(21)10-2-5-12(6-3-10)20-15-13-8-11(17)4-7-14(13)18-9-19-15/h2-9H,1H3,(H,18,19,20). The number of halogens is 1. The number of esters is 1. The number of hydrogen-bond acceptors (Lipinski definition) is 5. The van der Waals surface area contributed by atoms with Crippen molar-refractivity contribution in [1.29, 1.82) is 0 Å². The SMILES string of the molecule is COC(=O)c1ccc(Nc2ncnc3ccc(F)cc23)cc1. The maximum Gasteiger partial charge on any atom is 0.337 e. The van der Waals surface area contributed by atoms with E-state index in [2.05, 4.69) is 20.0 Å². The number of nitrogens with zero attached hydrogens (tertiary/aromatic N) is 2. The molecule has 22 heavy (non-hydrogen) atoms. The molecule has 1 heterocycles. The molecule has 0 radical (unpaired) electrons. The molecule has 110 valence electrons. The molecule has 6 heteroatoms. The molecule has 0 atom stereocenters. The molecule has 1 N–H and O–H groups in total. The molecule has 5 nitrogen and oxygen atoms in total. The van der Waals surface area contributed by atoms with Crippen LogP contribution in [0.25, 0.3) is 10.9 Å². The number of nitrogens with one attached hydrogen (secondary N) is 1. The van der Waals surface area contributed by atoms with Crippen LogP contribution in [0.3, 0.4) is 0 Å². The Morgan fingerprint density at radius 1 is 1.14 bits per heavy atom. The van der Waals surface area contributed by atoms with Gasteiger partial charge < -0.3 is 10.1 Å². The minimum absolute atomic E-state index is 0.355. The second-order valence-corrected chi connectivity index (χ2v) is 4.58. The first-order chi connectivity index (χ1) is 10.7. The highest BCUT2D eigenvalue weighted by atomic mass is 19.1. The summed E-state index contributed by atoms with van der Waals surface area (Å²) in [7, 11) is 1.33. The summed E-state index contributed by atoms with van der Waals surface area (Å²) in [6.45, 7) is 0. The average Bonchev–Trinajstić information content (AvgIpc) is 2.55. The Morgan fingerprint density at radius 2 is 1.91 bits per heavy atom. The molecule has 0 aliphatic heterocycles. The lowest BCUT2D eigenvalue weighted by atomic mass is 10.2. The summed E-state index contributed by atoms with van der Waals surface area (Å²) < 4.78 is 18.0. The Morgan fingerprint density at radius 3 is 2.64 bits per heavy atom. The van der Waals surface area contributed by atoms with Gasteiger partial charge in [-0.3, -0.25) is 0 Å². The fraction of sp³-hybridized carbons (Fsp3) is 0.0625. The number of benzene rings is 2. The fourth-order valence-corrected chi connectivity index (χ4v) is 2.07. The highest BCUT2D eigenvalue weighted by molar-refractivity contribution is 5.92. The van der Waals surface area contributed by atoms with Gasteiger partial charge in [0.25, 0.3) is 0 Å². The largest absolute Gasteiger partial charge is 0.465 e. The number of aromatic nitrogens is 2. The molecule has 0 aliphatic carbocycles. The number of fused-ring (bicyclic) bond motifs is 1. The van der Waals surface area contributed by atoms with E-state index in [-0.39, 0.29) is 5.82 Å². The first-order valence-corrected chi connectivity index (χ1v) is 6.53. The van der Waals surface area contributed by atoms with Gasteiger partial charge in [-0.2, -0.15) is 0 Å². The summed E-state index contributed by atoms with van der Waals surface area (Å²) in [5.74, 6) is -0.261. The molecule has 0 saturated heterocycles.